The summed E-state index contributed by atoms with van der Waals surface area (Å²) in [6, 6.07) is 13.8. The van der Waals surface area contributed by atoms with Crippen LogP contribution in [0.15, 0.2) is 53.4 Å². The van der Waals surface area contributed by atoms with Gasteiger partial charge < -0.3 is 5.73 Å². The van der Waals surface area contributed by atoms with Crippen LogP contribution < -0.4 is 5.73 Å². The van der Waals surface area contributed by atoms with Gasteiger partial charge in [0.15, 0.2) is 9.84 Å². The van der Waals surface area contributed by atoms with Crippen LogP contribution in [-0.2, 0) is 9.84 Å². The molecule has 5 heteroatoms. The van der Waals surface area contributed by atoms with E-state index < -0.39 is 15.1 Å². The summed E-state index contributed by atoms with van der Waals surface area (Å²) in [5.41, 5.74) is 5.65. The Kier molecular flexibility index (Phi) is 4.48. The van der Waals surface area contributed by atoms with Crippen LogP contribution in [0.5, 0.6) is 0 Å². The second-order valence-electron chi connectivity index (χ2n) is 4.69. The van der Waals surface area contributed by atoms with Crippen LogP contribution in [0.4, 0.5) is 0 Å². The Labute approximate surface area is 124 Å². The van der Waals surface area contributed by atoms with Crippen molar-refractivity contribution in [2.45, 2.75) is 17.1 Å². The van der Waals surface area contributed by atoms with Gasteiger partial charge in [0.2, 0.25) is 0 Å². The van der Waals surface area contributed by atoms with E-state index in [-0.39, 0.29) is 11.4 Å². The molecule has 3 nitrogen and oxygen atoms in total. The average Bonchev–Trinajstić information content (AvgIpc) is 2.42. The van der Waals surface area contributed by atoms with Crippen molar-refractivity contribution in [2.75, 3.05) is 6.54 Å². The summed E-state index contributed by atoms with van der Waals surface area (Å²) in [7, 11) is -3.45. The van der Waals surface area contributed by atoms with Crippen LogP contribution in [0.25, 0.3) is 0 Å². The minimum absolute atomic E-state index is 0.274. The molecule has 20 heavy (non-hydrogen) atoms. The number of rotatable bonds is 4. The van der Waals surface area contributed by atoms with Gasteiger partial charge in [-0.2, -0.15) is 0 Å². The summed E-state index contributed by atoms with van der Waals surface area (Å²) in [6.07, 6.45) is 0. The van der Waals surface area contributed by atoms with E-state index in [2.05, 4.69) is 5.73 Å². The summed E-state index contributed by atoms with van der Waals surface area (Å²) in [6.45, 7) is 2.25. The highest BCUT2D eigenvalue weighted by molar-refractivity contribution is 7.91. The van der Waals surface area contributed by atoms with E-state index in [0.717, 1.165) is 11.1 Å². The number of hydrogen-bond donors (Lipinski definition) is 1. The smallest absolute Gasteiger partial charge is 0.190 e. The monoisotopic (exact) mass is 310 g/mol. The maximum atomic E-state index is 12.7. The highest BCUT2D eigenvalue weighted by Crippen LogP contribution is 2.28. The Bertz CT molecular complexity index is 679. The van der Waals surface area contributed by atoms with Gasteiger partial charge in [0.1, 0.15) is 5.25 Å². The number of aryl methyl sites for hydroxylation is 1. The minimum Gasteiger partial charge on any atom is -0.356 e. The molecular formula is C15H17ClNO2S+. The molecule has 2 aromatic carbocycles. The standard InChI is InChI=1S/C15H16ClNO2S/c1-11-2-4-12(5-3-11)15(10-17)20(18,19)14-8-6-13(16)7-9-14/h2-9,15H,10,17H2,1H3/p+1/t15-/m1/s1. The van der Waals surface area contributed by atoms with Gasteiger partial charge in [0, 0.05) is 5.02 Å². The molecule has 0 spiro atoms. The second-order valence-corrected chi connectivity index (χ2v) is 7.25. The van der Waals surface area contributed by atoms with Crippen LogP contribution in [0.1, 0.15) is 16.4 Å². The maximum absolute atomic E-state index is 12.7. The van der Waals surface area contributed by atoms with Gasteiger partial charge >= 0.3 is 0 Å². The van der Waals surface area contributed by atoms with E-state index in [0.29, 0.717) is 5.02 Å². The minimum atomic E-state index is -3.45. The zero-order valence-corrected chi connectivity index (χ0v) is 12.8. The summed E-state index contributed by atoms with van der Waals surface area (Å²) >= 11 is 5.80. The van der Waals surface area contributed by atoms with Gasteiger partial charge in [-0.15, -0.1) is 0 Å². The molecule has 0 bridgehead atoms. The topological polar surface area (TPSA) is 61.8 Å². The normalized spacial score (nSPS) is 13.2. The first-order valence-electron chi connectivity index (χ1n) is 6.30. The van der Waals surface area contributed by atoms with Crippen LogP contribution in [0, 0.1) is 6.92 Å². The van der Waals surface area contributed by atoms with E-state index in [1.807, 2.05) is 31.2 Å². The maximum Gasteiger partial charge on any atom is 0.190 e. The lowest BCUT2D eigenvalue weighted by Crippen LogP contribution is -2.54. The molecule has 3 N–H and O–H groups in total. The SMILES string of the molecule is Cc1ccc([C@@H](C[NH3+])S(=O)(=O)c2ccc(Cl)cc2)cc1. The van der Waals surface area contributed by atoms with Crippen molar-refractivity contribution in [1.29, 1.82) is 0 Å². The van der Waals surface area contributed by atoms with Gasteiger partial charge in [0.05, 0.1) is 11.4 Å². The molecule has 0 saturated carbocycles. The third-order valence-electron chi connectivity index (χ3n) is 3.23. The number of benzene rings is 2. The molecule has 0 aliphatic heterocycles. The first kappa shape index (κ1) is 15.0. The van der Waals surface area contributed by atoms with Crippen molar-refractivity contribution >= 4 is 21.4 Å². The summed E-state index contributed by atoms with van der Waals surface area (Å²) < 4.78 is 25.4. The quantitative estimate of drug-likeness (QED) is 0.942. The molecular weight excluding hydrogens is 294 g/mol. The van der Waals surface area contributed by atoms with Gasteiger partial charge in [-0.05, 0) is 36.8 Å². The van der Waals surface area contributed by atoms with Crippen molar-refractivity contribution in [2.24, 2.45) is 0 Å². The molecule has 0 aliphatic carbocycles. The van der Waals surface area contributed by atoms with Crippen molar-refractivity contribution in [3.05, 3.63) is 64.7 Å². The Morgan fingerprint density at radius 1 is 1.05 bits per heavy atom. The van der Waals surface area contributed by atoms with Crippen molar-refractivity contribution in [3.8, 4) is 0 Å². The van der Waals surface area contributed by atoms with Crippen LogP contribution in [0.2, 0.25) is 5.02 Å². The summed E-state index contributed by atoms with van der Waals surface area (Å²) in [5, 5.41) is -0.116. The largest absolute Gasteiger partial charge is 0.356 e. The summed E-state index contributed by atoms with van der Waals surface area (Å²) in [5.74, 6) is 0. The molecule has 106 valence electrons. The third-order valence-corrected chi connectivity index (χ3v) is 5.67. The van der Waals surface area contributed by atoms with Crippen molar-refractivity contribution < 1.29 is 14.2 Å². The molecule has 0 radical (unpaired) electrons. The third kappa shape index (κ3) is 3.03. The fraction of sp³-hybridized carbons (Fsp3) is 0.200. The lowest BCUT2D eigenvalue weighted by Gasteiger charge is -2.15. The Morgan fingerprint density at radius 3 is 2.10 bits per heavy atom. The van der Waals surface area contributed by atoms with E-state index in [9.17, 15) is 8.42 Å². The fourth-order valence-corrected chi connectivity index (χ4v) is 3.87. The molecule has 0 fully saturated rings. The van der Waals surface area contributed by atoms with E-state index in [1.54, 1.807) is 12.1 Å². The van der Waals surface area contributed by atoms with Gasteiger partial charge in [-0.3, -0.25) is 0 Å². The highest BCUT2D eigenvalue weighted by Gasteiger charge is 2.29. The zero-order valence-electron chi connectivity index (χ0n) is 11.2. The second kappa shape index (κ2) is 5.95. The highest BCUT2D eigenvalue weighted by atomic mass is 35.5. The predicted octanol–water partition coefficient (Wildman–Crippen LogP) is 2.41. The first-order valence-corrected chi connectivity index (χ1v) is 8.23. The molecule has 0 aliphatic rings. The number of hydrogen-bond acceptors (Lipinski definition) is 2. The number of sulfone groups is 1. The number of halogens is 1. The van der Waals surface area contributed by atoms with Crippen molar-refractivity contribution in [3.63, 3.8) is 0 Å². The molecule has 0 unspecified atom stereocenters. The molecule has 0 amide bonds. The van der Waals surface area contributed by atoms with Crippen LogP contribution >= 0.6 is 11.6 Å². The van der Waals surface area contributed by atoms with Gasteiger partial charge in [-0.25, -0.2) is 8.42 Å². The molecule has 0 saturated heterocycles. The molecule has 0 heterocycles. The first-order chi connectivity index (χ1) is 9.45. The van der Waals surface area contributed by atoms with Gasteiger partial charge in [-0.1, -0.05) is 41.4 Å². The zero-order chi connectivity index (χ0) is 14.8. The Hall–Kier alpha value is -1.36. The van der Waals surface area contributed by atoms with Crippen LogP contribution in [0.3, 0.4) is 0 Å². The molecule has 2 rings (SSSR count). The lowest BCUT2D eigenvalue weighted by atomic mass is 10.1. The molecule has 0 aromatic heterocycles. The van der Waals surface area contributed by atoms with E-state index in [1.165, 1.54) is 12.1 Å². The lowest BCUT2D eigenvalue weighted by molar-refractivity contribution is -0.367. The van der Waals surface area contributed by atoms with E-state index in [4.69, 9.17) is 11.6 Å². The predicted molar refractivity (Wildman–Crippen MR) is 80.3 cm³/mol. The summed E-state index contributed by atoms with van der Waals surface area (Å²) in [4.78, 5) is 0.274. The van der Waals surface area contributed by atoms with Gasteiger partial charge in [0.25, 0.3) is 0 Å². The van der Waals surface area contributed by atoms with Crippen molar-refractivity contribution in [1.82, 2.24) is 0 Å². The van der Waals surface area contributed by atoms with E-state index >= 15 is 0 Å². The van der Waals surface area contributed by atoms with Crippen LogP contribution in [-0.4, -0.2) is 15.0 Å². The molecule has 2 aromatic rings. The average molecular weight is 311 g/mol. The fourth-order valence-electron chi connectivity index (χ4n) is 2.07. The Morgan fingerprint density at radius 2 is 1.60 bits per heavy atom. The Balaban J connectivity index is 2.44. The molecule has 1 atom stereocenters. The number of quaternary nitrogens is 1.